The Labute approximate surface area is 262 Å². The highest BCUT2D eigenvalue weighted by atomic mass is 32.2. The number of amides is 2. The van der Waals surface area contributed by atoms with Crippen molar-refractivity contribution in [1.29, 1.82) is 0 Å². The van der Waals surface area contributed by atoms with Crippen LogP contribution in [0.3, 0.4) is 0 Å². The zero-order chi connectivity index (χ0) is 31.5. The first-order valence-electron chi connectivity index (χ1n) is 14.3. The minimum Gasteiger partial charge on any atom is -0.454 e. The summed E-state index contributed by atoms with van der Waals surface area (Å²) in [5.41, 5.74) is 3.21. The fourth-order valence-electron chi connectivity index (χ4n) is 5.13. The Morgan fingerprint density at radius 3 is 2.18 bits per heavy atom. The molecule has 9 nitrogen and oxygen atoms in total. The monoisotopic (exact) mass is 617 g/mol. The summed E-state index contributed by atoms with van der Waals surface area (Å²) in [5.74, 6) is -1.88. The lowest BCUT2D eigenvalue weighted by atomic mass is 10.0. The highest BCUT2D eigenvalue weighted by Crippen LogP contribution is 2.33. The van der Waals surface area contributed by atoms with Crippen LogP contribution in [0.25, 0.3) is 22.0 Å². The van der Waals surface area contributed by atoms with Gasteiger partial charge in [0.1, 0.15) is 5.25 Å². The van der Waals surface area contributed by atoms with Gasteiger partial charge in [0.15, 0.2) is 17.5 Å². The lowest BCUT2D eigenvalue weighted by Crippen LogP contribution is -2.31. The van der Waals surface area contributed by atoms with Crippen LogP contribution in [0.1, 0.15) is 34.1 Å². The number of Topliss-reactive ketones (excluding diaryl/α,β-unsaturated/α-hetero) is 1. The van der Waals surface area contributed by atoms with E-state index in [-0.39, 0.29) is 23.3 Å². The second-order valence-corrected chi connectivity index (χ2v) is 11.5. The molecule has 1 fully saturated rings. The van der Waals surface area contributed by atoms with E-state index in [0.717, 1.165) is 27.8 Å². The third-order valence-corrected chi connectivity index (χ3v) is 8.68. The van der Waals surface area contributed by atoms with Gasteiger partial charge in [0.05, 0.1) is 22.2 Å². The first kappa shape index (κ1) is 29.7. The molecule has 1 saturated heterocycles. The van der Waals surface area contributed by atoms with Gasteiger partial charge in [-0.3, -0.25) is 23.7 Å². The van der Waals surface area contributed by atoms with E-state index in [1.165, 1.54) is 28.8 Å². The second kappa shape index (κ2) is 12.7. The maximum absolute atomic E-state index is 13.3. The number of para-hydroxylation sites is 1. The summed E-state index contributed by atoms with van der Waals surface area (Å²) in [6.45, 7) is 1.75. The zero-order valence-corrected chi connectivity index (χ0v) is 25.0. The molecule has 4 aromatic carbocycles. The van der Waals surface area contributed by atoms with E-state index < -0.39 is 29.6 Å². The molecule has 1 atom stereocenters. The van der Waals surface area contributed by atoms with Gasteiger partial charge >= 0.3 is 5.97 Å². The number of benzene rings is 4. The van der Waals surface area contributed by atoms with Crippen LogP contribution < -0.4 is 10.5 Å². The van der Waals surface area contributed by atoms with Crippen molar-refractivity contribution < 1.29 is 23.9 Å². The molecule has 5 aromatic rings. The molecular weight excluding hydrogens is 590 g/mol. The predicted octanol–water partition coefficient (Wildman–Crippen LogP) is 5.55. The van der Waals surface area contributed by atoms with Gasteiger partial charge in [-0.05, 0) is 54.4 Å². The van der Waals surface area contributed by atoms with Crippen LogP contribution >= 0.6 is 11.8 Å². The number of esters is 1. The molecule has 6 rings (SSSR count). The van der Waals surface area contributed by atoms with Gasteiger partial charge in [0.25, 0.3) is 5.56 Å². The number of carbonyl (C=O) groups is 4. The van der Waals surface area contributed by atoms with Crippen molar-refractivity contribution in [3.63, 3.8) is 0 Å². The fraction of sp³-hybridized carbons (Fsp3) is 0.143. The molecule has 0 aliphatic carbocycles. The highest BCUT2D eigenvalue weighted by Gasteiger charge is 2.41. The van der Waals surface area contributed by atoms with Crippen LogP contribution in [0.2, 0.25) is 0 Å². The molecule has 1 unspecified atom stereocenters. The first-order chi connectivity index (χ1) is 21.8. The number of thioether (sulfide) groups is 1. The lowest BCUT2D eigenvalue weighted by Gasteiger charge is -2.16. The van der Waals surface area contributed by atoms with Crippen molar-refractivity contribution in [2.45, 2.75) is 30.3 Å². The standard InChI is InChI=1S/C35H27N3O6S/c1-2-37-32(41)27-10-6-7-11-28(27)36-35(37)45-30-20-31(40)38(33(30)42)26-18-16-25(17-19-26)34(43)44-21-29(39)24-14-12-23(13-15-24)22-8-4-3-5-9-22/h3-19,30H,2,20-21H2,1H3. The number of hydrogen-bond donors (Lipinski definition) is 0. The van der Waals surface area contributed by atoms with Crippen molar-refractivity contribution in [3.8, 4) is 11.1 Å². The molecule has 10 heteroatoms. The van der Waals surface area contributed by atoms with Gasteiger partial charge in [-0.1, -0.05) is 78.5 Å². The highest BCUT2D eigenvalue weighted by molar-refractivity contribution is 8.00. The molecule has 1 aliphatic heterocycles. The van der Waals surface area contributed by atoms with E-state index in [2.05, 4.69) is 4.98 Å². The van der Waals surface area contributed by atoms with Crippen LogP contribution in [-0.2, 0) is 20.9 Å². The average molecular weight is 618 g/mol. The SMILES string of the molecule is CCn1c(SC2CC(=O)N(c3ccc(C(=O)OCC(=O)c4ccc(-c5ccccc5)cc4)cc3)C2=O)nc2ccccc2c1=O. The molecule has 2 heterocycles. The van der Waals surface area contributed by atoms with Crippen molar-refractivity contribution in [2.75, 3.05) is 11.5 Å². The van der Waals surface area contributed by atoms with Crippen molar-refractivity contribution in [3.05, 3.63) is 125 Å². The zero-order valence-electron chi connectivity index (χ0n) is 24.2. The molecule has 1 aliphatic rings. The molecule has 0 bridgehead atoms. The van der Waals surface area contributed by atoms with E-state index in [9.17, 15) is 24.0 Å². The molecule has 0 N–H and O–H groups in total. The number of imide groups is 1. The summed E-state index contributed by atoms with van der Waals surface area (Å²) >= 11 is 1.09. The Morgan fingerprint density at radius 2 is 1.47 bits per heavy atom. The van der Waals surface area contributed by atoms with Gasteiger partial charge in [0, 0.05) is 18.5 Å². The summed E-state index contributed by atoms with van der Waals surface area (Å²) in [5, 5.41) is 0.0920. The Balaban J connectivity index is 1.09. The van der Waals surface area contributed by atoms with Crippen LogP contribution in [0.4, 0.5) is 5.69 Å². The van der Waals surface area contributed by atoms with Gasteiger partial charge in [-0.15, -0.1) is 0 Å². The Bertz CT molecular complexity index is 1990. The minimum absolute atomic E-state index is 0.0614. The van der Waals surface area contributed by atoms with E-state index in [1.807, 2.05) is 49.4 Å². The maximum atomic E-state index is 13.3. The summed E-state index contributed by atoms with van der Waals surface area (Å²) in [6.07, 6.45) is -0.0614. The second-order valence-electron chi connectivity index (χ2n) is 10.3. The third-order valence-electron chi connectivity index (χ3n) is 7.51. The van der Waals surface area contributed by atoms with Crippen molar-refractivity contribution in [2.24, 2.45) is 0 Å². The topological polar surface area (TPSA) is 116 Å². The number of nitrogens with zero attached hydrogens (tertiary/aromatic N) is 3. The summed E-state index contributed by atoms with van der Waals surface area (Å²) in [7, 11) is 0. The number of aromatic nitrogens is 2. The number of anilines is 1. The number of fused-ring (bicyclic) bond motifs is 1. The maximum Gasteiger partial charge on any atom is 0.338 e. The summed E-state index contributed by atoms with van der Waals surface area (Å²) in [4.78, 5) is 70.2. The predicted molar refractivity (Wildman–Crippen MR) is 171 cm³/mol. The number of rotatable bonds is 9. The van der Waals surface area contributed by atoms with Gasteiger partial charge < -0.3 is 4.74 Å². The van der Waals surface area contributed by atoms with Crippen LogP contribution in [0.15, 0.2) is 113 Å². The summed E-state index contributed by atoms with van der Waals surface area (Å²) < 4.78 is 6.74. The largest absolute Gasteiger partial charge is 0.454 e. The van der Waals surface area contributed by atoms with Crippen LogP contribution in [0, 0.1) is 0 Å². The summed E-state index contributed by atoms with van der Waals surface area (Å²) in [6, 6.07) is 29.7. The molecule has 0 saturated carbocycles. The quantitative estimate of drug-likeness (QED) is 0.0916. The average Bonchev–Trinajstić information content (AvgIpc) is 3.35. The lowest BCUT2D eigenvalue weighted by molar-refractivity contribution is -0.121. The first-order valence-corrected chi connectivity index (χ1v) is 15.2. The van der Waals surface area contributed by atoms with E-state index >= 15 is 0 Å². The Hall–Kier alpha value is -5.35. The Kier molecular flexibility index (Phi) is 8.39. The molecule has 0 spiro atoms. The molecule has 2 amide bonds. The fourth-order valence-corrected chi connectivity index (χ4v) is 6.31. The van der Waals surface area contributed by atoms with Gasteiger partial charge in [-0.2, -0.15) is 0 Å². The van der Waals surface area contributed by atoms with E-state index in [4.69, 9.17) is 4.74 Å². The van der Waals surface area contributed by atoms with E-state index in [1.54, 1.807) is 36.4 Å². The van der Waals surface area contributed by atoms with Crippen LogP contribution in [-0.4, -0.2) is 45.0 Å². The molecule has 1 aromatic heterocycles. The van der Waals surface area contributed by atoms with Crippen molar-refractivity contribution >= 4 is 51.9 Å². The number of ketones is 1. The smallest absolute Gasteiger partial charge is 0.338 e. The normalized spacial score (nSPS) is 14.6. The molecule has 224 valence electrons. The molecule has 45 heavy (non-hydrogen) atoms. The number of ether oxygens (including phenoxy) is 1. The molecular formula is C35H27N3O6S. The number of hydrogen-bond acceptors (Lipinski definition) is 8. The van der Waals surface area contributed by atoms with Crippen molar-refractivity contribution in [1.82, 2.24) is 9.55 Å². The minimum atomic E-state index is -0.763. The third kappa shape index (κ3) is 6.05. The number of carbonyl (C=O) groups excluding carboxylic acids is 4. The Morgan fingerprint density at radius 1 is 0.822 bits per heavy atom. The molecule has 0 radical (unpaired) electrons. The van der Waals surface area contributed by atoms with Crippen LogP contribution in [0.5, 0.6) is 0 Å². The van der Waals surface area contributed by atoms with Gasteiger partial charge in [-0.25, -0.2) is 14.7 Å². The van der Waals surface area contributed by atoms with Gasteiger partial charge in [0.2, 0.25) is 11.8 Å². The van der Waals surface area contributed by atoms with E-state index in [0.29, 0.717) is 33.9 Å².